The second-order valence-electron chi connectivity index (χ2n) is 5.34. The molecular formula is C20H18N2OS. The third kappa shape index (κ3) is 4.33. The molecular weight excluding hydrogens is 316 g/mol. The Morgan fingerprint density at radius 1 is 0.792 bits per heavy atom. The molecule has 0 heterocycles. The molecule has 3 rings (SSSR count). The summed E-state index contributed by atoms with van der Waals surface area (Å²) in [6.07, 6.45) is 0. The van der Waals surface area contributed by atoms with Crippen LogP contribution in [0.2, 0.25) is 0 Å². The van der Waals surface area contributed by atoms with Gasteiger partial charge in [-0.15, -0.1) is 0 Å². The van der Waals surface area contributed by atoms with Crippen LogP contribution in [0.25, 0.3) is 0 Å². The van der Waals surface area contributed by atoms with E-state index in [1.54, 1.807) is 0 Å². The van der Waals surface area contributed by atoms with Crippen LogP contribution in [-0.2, 0) is 0 Å². The summed E-state index contributed by atoms with van der Waals surface area (Å²) in [4.78, 5) is 0. The molecule has 0 aliphatic rings. The van der Waals surface area contributed by atoms with E-state index in [-0.39, 0.29) is 0 Å². The van der Waals surface area contributed by atoms with Crippen LogP contribution in [0.15, 0.2) is 78.9 Å². The molecule has 0 saturated heterocycles. The molecule has 4 heteroatoms. The zero-order chi connectivity index (χ0) is 16.8. The summed E-state index contributed by atoms with van der Waals surface area (Å²) in [6.45, 7) is 2.04. The molecule has 3 nitrogen and oxygen atoms in total. The first-order valence-electron chi connectivity index (χ1n) is 7.67. The van der Waals surface area contributed by atoms with Crippen LogP contribution in [0.3, 0.4) is 0 Å². The Labute approximate surface area is 147 Å². The van der Waals surface area contributed by atoms with Crippen molar-refractivity contribution in [2.75, 3.05) is 10.6 Å². The Morgan fingerprint density at radius 2 is 1.50 bits per heavy atom. The summed E-state index contributed by atoms with van der Waals surface area (Å²) < 4.78 is 5.83. The lowest BCUT2D eigenvalue weighted by atomic mass is 10.2. The highest BCUT2D eigenvalue weighted by Gasteiger charge is 2.03. The Balaban J connectivity index is 1.66. The summed E-state index contributed by atoms with van der Waals surface area (Å²) in [5.74, 6) is 1.56. The maximum Gasteiger partial charge on any atom is 0.175 e. The molecule has 0 aromatic heterocycles. The molecule has 0 saturated carbocycles. The van der Waals surface area contributed by atoms with Gasteiger partial charge in [-0.25, -0.2) is 0 Å². The third-order valence-corrected chi connectivity index (χ3v) is 3.67. The number of hydrogen-bond acceptors (Lipinski definition) is 2. The molecule has 0 bridgehead atoms. The van der Waals surface area contributed by atoms with Crippen molar-refractivity contribution in [3.8, 4) is 11.5 Å². The zero-order valence-corrected chi connectivity index (χ0v) is 14.1. The second-order valence-corrected chi connectivity index (χ2v) is 5.75. The Kier molecular flexibility index (Phi) is 5.08. The van der Waals surface area contributed by atoms with Crippen LogP contribution in [0.5, 0.6) is 11.5 Å². The number of thiocarbonyl (C=S) groups is 1. The van der Waals surface area contributed by atoms with Crippen molar-refractivity contribution in [2.45, 2.75) is 6.92 Å². The molecule has 0 aliphatic heterocycles. The standard InChI is InChI=1S/C20H18N2OS/c1-15-8-5-6-13-19(15)22-20(24)21-16-9-7-12-18(14-16)23-17-10-3-2-4-11-17/h2-14H,1H3,(H2,21,22,24). The fourth-order valence-corrected chi connectivity index (χ4v) is 2.49. The van der Waals surface area contributed by atoms with Gasteiger partial charge in [-0.1, -0.05) is 42.5 Å². The summed E-state index contributed by atoms with van der Waals surface area (Å²) in [5, 5.41) is 6.93. The molecule has 0 amide bonds. The number of para-hydroxylation sites is 2. The van der Waals surface area contributed by atoms with Crippen LogP contribution >= 0.6 is 12.2 Å². The number of anilines is 2. The van der Waals surface area contributed by atoms with Crippen LogP contribution in [0.1, 0.15) is 5.56 Å². The first-order chi connectivity index (χ1) is 11.7. The van der Waals surface area contributed by atoms with Crippen molar-refractivity contribution >= 4 is 28.7 Å². The molecule has 120 valence electrons. The smallest absolute Gasteiger partial charge is 0.175 e. The van der Waals surface area contributed by atoms with Crippen molar-refractivity contribution in [1.29, 1.82) is 0 Å². The molecule has 0 unspecified atom stereocenters. The summed E-state index contributed by atoms with van der Waals surface area (Å²) in [6, 6.07) is 25.4. The van der Waals surface area contributed by atoms with Gasteiger partial charge in [0.15, 0.2) is 5.11 Å². The van der Waals surface area contributed by atoms with E-state index in [4.69, 9.17) is 17.0 Å². The number of benzene rings is 3. The van der Waals surface area contributed by atoms with E-state index < -0.39 is 0 Å². The lowest BCUT2D eigenvalue weighted by Crippen LogP contribution is -2.19. The molecule has 3 aromatic carbocycles. The molecule has 0 spiro atoms. The molecule has 0 atom stereocenters. The predicted molar refractivity (Wildman–Crippen MR) is 104 cm³/mol. The van der Waals surface area contributed by atoms with E-state index in [2.05, 4.69) is 10.6 Å². The average Bonchev–Trinajstić information content (AvgIpc) is 2.58. The lowest BCUT2D eigenvalue weighted by molar-refractivity contribution is 0.483. The molecule has 0 radical (unpaired) electrons. The molecule has 2 N–H and O–H groups in total. The number of hydrogen-bond donors (Lipinski definition) is 2. The van der Waals surface area contributed by atoms with E-state index in [0.29, 0.717) is 5.11 Å². The van der Waals surface area contributed by atoms with Crippen molar-refractivity contribution in [1.82, 2.24) is 0 Å². The fraction of sp³-hybridized carbons (Fsp3) is 0.0500. The fourth-order valence-electron chi connectivity index (χ4n) is 2.26. The van der Waals surface area contributed by atoms with Gasteiger partial charge < -0.3 is 15.4 Å². The number of aryl methyl sites for hydroxylation is 1. The van der Waals surface area contributed by atoms with Crippen molar-refractivity contribution in [3.05, 3.63) is 84.4 Å². The first kappa shape index (κ1) is 16.0. The highest BCUT2D eigenvalue weighted by Crippen LogP contribution is 2.24. The van der Waals surface area contributed by atoms with E-state index in [1.165, 1.54) is 0 Å². The van der Waals surface area contributed by atoms with Gasteiger partial charge in [0, 0.05) is 17.4 Å². The van der Waals surface area contributed by atoms with Gasteiger partial charge in [-0.3, -0.25) is 0 Å². The lowest BCUT2D eigenvalue weighted by Gasteiger charge is -2.13. The Bertz CT molecular complexity index is 834. The summed E-state index contributed by atoms with van der Waals surface area (Å²) in [7, 11) is 0. The number of rotatable bonds is 4. The van der Waals surface area contributed by atoms with Crippen LogP contribution < -0.4 is 15.4 Å². The SMILES string of the molecule is Cc1ccccc1NC(=S)Nc1cccc(Oc2ccccc2)c1. The van der Waals surface area contributed by atoms with Gasteiger partial charge in [0.05, 0.1) is 0 Å². The predicted octanol–water partition coefficient (Wildman–Crippen LogP) is 5.60. The monoisotopic (exact) mass is 334 g/mol. The largest absolute Gasteiger partial charge is 0.457 e. The van der Waals surface area contributed by atoms with Gasteiger partial charge >= 0.3 is 0 Å². The van der Waals surface area contributed by atoms with Crippen molar-refractivity contribution in [3.63, 3.8) is 0 Å². The van der Waals surface area contributed by atoms with Crippen LogP contribution in [-0.4, -0.2) is 5.11 Å². The summed E-state index contributed by atoms with van der Waals surface area (Å²) >= 11 is 5.39. The van der Waals surface area contributed by atoms with Gasteiger partial charge in [0.1, 0.15) is 11.5 Å². The topological polar surface area (TPSA) is 33.3 Å². The third-order valence-electron chi connectivity index (χ3n) is 3.46. The van der Waals surface area contributed by atoms with Gasteiger partial charge in [-0.05, 0) is 55.0 Å². The maximum atomic E-state index is 5.83. The minimum Gasteiger partial charge on any atom is -0.457 e. The minimum atomic E-state index is 0.543. The van der Waals surface area contributed by atoms with Gasteiger partial charge in [0.2, 0.25) is 0 Å². The van der Waals surface area contributed by atoms with E-state index >= 15 is 0 Å². The zero-order valence-electron chi connectivity index (χ0n) is 13.3. The van der Waals surface area contributed by atoms with E-state index in [9.17, 15) is 0 Å². The van der Waals surface area contributed by atoms with Gasteiger partial charge in [-0.2, -0.15) is 0 Å². The highest BCUT2D eigenvalue weighted by atomic mass is 32.1. The molecule has 24 heavy (non-hydrogen) atoms. The number of nitrogens with one attached hydrogen (secondary N) is 2. The molecule has 3 aromatic rings. The number of ether oxygens (including phenoxy) is 1. The highest BCUT2D eigenvalue weighted by molar-refractivity contribution is 7.80. The summed E-state index contributed by atoms with van der Waals surface area (Å²) in [5.41, 5.74) is 3.00. The average molecular weight is 334 g/mol. The quantitative estimate of drug-likeness (QED) is 0.609. The Morgan fingerprint density at radius 3 is 2.29 bits per heavy atom. The van der Waals surface area contributed by atoms with Crippen LogP contribution in [0.4, 0.5) is 11.4 Å². The van der Waals surface area contributed by atoms with E-state index in [1.807, 2.05) is 85.8 Å². The van der Waals surface area contributed by atoms with Crippen LogP contribution in [0, 0.1) is 6.92 Å². The Hall–Kier alpha value is -2.85. The van der Waals surface area contributed by atoms with Crippen molar-refractivity contribution < 1.29 is 4.74 Å². The second kappa shape index (κ2) is 7.62. The minimum absolute atomic E-state index is 0.543. The molecule has 0 aliphatic carbocycles. The normalized spacial score (nSPS) is 10.0. The first-order valence-corrected chi connectivity index (χ1v) is 8.08. The van der Waals surface area contributed by atoms with Gasteiger partial charge in [0.25, 0.3) is 0 Å². The maximum absolute atomic E-state index is 5.83. The molecule has 0 fully saturated rings. The van der Waals surface area contributed by atoms with E-state index in [0.717, 1.165) is 28.4 Å². The van der Waals surface area contributed by atoms with Crippen molar-refractivity contribution in [2.24, 2.45) is 0 Å².